The van der Waals surface area contributed by atoms with Gasteiger partial charge in [0.15, 0.2) is 16.7 Å². The van der Waals surface area contributed by atoms with Crippen LogP contribution in [0.5, 0.6) is 11.5 Å². The number of benzene rings is 1. The minimum atomic E-state index is 0.0876. The number of carbonyl (C=O) groups is 1. The molecule has 2 aliphatic heterocycles. The first kappa shape index (κ1) is 21.0. The van der Waals surface area contributed by atoms with Gasteiger partial charge in [-0.3, -0.25) is 4.79 Å². The van der Waals surface area contributed by atoms with E-state index in [9.17, 15) is 4.79 Å². The Labute approximate surface area is 201 Å². The first-order chi connectivity index (χ1) is 16.3. The van der Waals surface area contributed by atoms with Crippen LogP contribution in [-0.2, 0) is 11.2 Å². The van der Waals surface area contributed by atoms with Crippen LogP contribution in [0.3, 0.4) is 0 Å². The zero-order chi connectivity index (χ0) is 22.2. The van der Waals surface area contributed by atoms with E-state index in [1.54, 1.807) is 11.3 Å². The molecule has 4 heterocycles. The van der Waals surface area contributed by atoms with E-state index in [0.29, 0.717) is 25.0 Å². The number of amides is 1. The summed E-state index contributed by atoms with van der Waals surface area (Å²) in [5.74, 6) is 3.11. The highest BCUT2D eigenvalue weighted by Crippen LogP contribution is 2.41. The van der Waals surface area contributed by atoms with Gasteiger partial charge in [-0.2, -0.15) is 0 Å². The molecule has 7 nitrogen and oxygen atoms in total. The number of likely N-dealkylation sites (tertiary alicyclic amines) is 1. The molecule has 3 aliphatic rings. The van der Waals surface area contributed by atoms with E-state index < -0.39 is 0 Å². The Morgan fingerprint density at radius 1 is 1.12 bits per heavy atom. The van der Waals surface area contributed by atoms with Gasteiger partial charge < -0.3 is 18.9 Å². The number of fused-ring (bicyclic) bond motifs is 1. The molecule has 1 aliphatic carbocycles. The topological polar surface area (TPSA) is 69.5 Å². The average Bonchev–Trinajstić information content (AvgIpc) is 3.22. The van der Waals surface area contributed by atoms with Crippen LogP contribution in [0.1, 0.15) is 54.0 Å². The van der Waals surface area contributed by atoms with Gasteiger partial charge >= 0.3 is 0 Å². The number of carbonyl (C=O) groups excluding carboxylic acids is 1. The molecule has 2 aromatic heterocycles. The number of thioether (sulfide) groups is 1. The maximum atomic E-state index is 13.2. The largest absolute Gasteiger partial charge is 0.486 e. The Kier molecular flexibility index (Phi) is 5.75. The monoisotopic (exact) mass is 482 g/mol. The van der Waals surface area contributed by atoms with Crippen LogP contribution < -0.4 is 9.47 Å². The highest BCUT2D eigenvalue weighted by atomic mass is 32.2. The molecule has 1 saturated carbocycles. The number of hydrogen-bond acceptors (Lipinski definition) is 7. The molecular weight excluding hydrogens is 456 g/mol. The van der Waals surface area contributed by atoms with Crippen molar-refractivity contribution in [2.45, 2.75) is 49.3 Å². The summed E-state index contributed by atoms with van der Waals surface area (Å²) in [6.07, 6.45) is 5.11. The highest BCUT2D eigenvalue weighted by molar-refractivity contribution is 7.99. The predicted octanol–water partition coefficient (Wildman–Crippen LogP) is 4.49. The van der Waals surface area contributed by atoms with Crippen molar-refractivity contribution in [2.24, 2.45) is 0 Å². The number of nitrogens with zero attached hydrogens (tertiary/aromatic N) is 4. The number of ether oxygens (including phenoxy) is 2. The molecule has 1 aromatic carbocycles. The summed E-state index contributed by atoms with van der Waals surface area (Å²) in [7, 11) is 0. The molecule has 1 unspecified atom stereocenters. The third-order valence-corrected chi connectivity index (χ3v) is 8.21. The third-order valence-electron chi connectivity index (χ3n) is 6.41. The van der Waals surface area contributed by atoms with E-state index in [1.165, 1.54) is 16.6 Å². The first-order valence-electron chi connectivity index (χ1n) is 11.5. The summed E-state index contributed by atoms with van der Waals surface area (Å²) in [6, 6.07) is 10.8. The van der Waals surface area contributed by atoms with E-state index in [1.807, 2.05) is 17.0 Å². The summed E-state index contributed by atoms with van der Waals surface area (Å²) in [5.41, 5.74) is 1.12. The molecule has 3 aromatic rings. The molecule has 33 heavy (non-hydrogen) atoms. The maximum absolute atomic E-state index is 13.2. The number of aromatic nitrogens is 3. The smallest absolute Gasteiger partial charge is 0.233 e. The van der Waals surface area contributed by atoms with Gasteiger partial charge in [0.2, 0.25) is 5.91 Å². The Morgan fingerprint density at radius 2 is 2.00 bits per heavy atom. The Bertz CT molecular complexity index is 1140. The summed E-state index contributed by atoms with van der Waals surface area (Å²) in [6.45, 7) is 1.94. The zero-order valence-corrected chi connectivity index (χ0v) is 19.9. The zero-order valence-electron chi connectivity index (χ0n) is 18.3. The normalized spacial score (nSPS) is 19.8. The van der Waals surface area contributed by atoms with Gasteiger partial charge in [-0.05, 0) is 54.8 Å². The van der Waals surface area contributed by atoms with Crippen LogP contribution in [0.4, 0.5) is 0 Å². The van der Waals surface area contributed by atoms with Gasteiger partial charge in [0.25, 0.3) is 0 Å². The van der Waals surface area contributed by atoms with Gasteiger partial charge in [-0.15, -0.1) is 21.5 Å². The lowest BCUT2D eigenvalue weighted by atomic mass is 10.0. The Morgan fingerprint density at radius 3 is 2.82 bits per heavy atom. The van der Waals surface area contributed by atoms with Crippen LogP contribution in [0.15, 0.2) is 40.9 Å². The fraction of sp³-hybridized carbons (Fsp3) is 0.458. The minimum Gasteiger partial charge on any atom is -0.486 e. The van der Waals surface area contributed by atoms with Gasteiger partial charge in [0, 0.05) is 23.9 Å². The van der Waals surface area contributed by atoms with E-state index >= 15 is 0 Å². The molecule has 0 spiro atoms. The van der Waals surface area contributed by atoms with Crippen molar-refractivity contribution in [2.75, 3.05) is 25.5 Å². The highest BCUT2D eigenvalue weighted by Gasteiger charge is 2.33. The van der Waals surface area contributed by atoms with Crippen LogP contribution in [0.2, 0.25) is 0 Å². The molecule has 2 fully saturated rings. The number of thiophene rings is 1. The van der Waals surface area contributed by atoms with Crippen LogP contribution in [0, 0.1) is 0 Å². The van der Waals surface area contributed by atoms with Crippen LogP contribution in [-0.4, -0.2) is 51.1 Å². The quantitative estimate of drug-likeness (QED) is 0.462. The lowest BCUT2D eigenvalue weighted by Crippen LogP contribution is -2.32. The predicted molar refractivity (Wildman–Crippen MR) is 127 cm³/mol. The number of rotatable bonds is 7. The fourth-order valence-electron chi connectivity index (χ4n) is 4.68. The van der Waals surface area contributed by atoms with Crippen molar-refractivity contribution in [1.29, 1.82) is 0 Å². The molecule has 1 saturated heterocycles. The SMILES string of the molecule is O=C(CSc1nnc(Cc2cccs2)n1C1CC1)N1CCCC1c1ccc2c(c1)OCCO2. The van der Waals surface area contributed by atoms with Gasteiger partial charge in [-0.1, -0.05) is 23.9 Å². The molecule has 0 bridgehead atoms. The van der Waals surface area contributed by atoms with Crippen molar-refractivity contribution in [1.82, 2.24) is 19.7 Å². The van der Waals surface area contributed by atoms with Crippen molar-refractivity contribution in [3.05, 3.63) is 52.0 Å². The van der Waals surface area contributed by atoms with E-state index in [0.717, 1.165) is 66.7 Å². The summed E-state index contributed by atoms with van der Waals surface area (Å²) in [4.78, 5) is 16.5. The van der Waals surface area contributed by atoms with Crippen molar-refractivity contribution < 1.29 is 14.3 Å². The fourth-order valence-corrected chi connectivity index (χ4v) is 6.30. The molecule has 0 radical (unpaired) electrons. The standard InChI is InChI=1S/C24H26N4O3S2/c29-23(27-9-1-4-19(27)16-5-8-20-21(13-16)31-11-10-30-20)15-33-24-26-25-22(28(24)17-6-7-17)14-18-3-2-12-32-18/h2-3,5,8,12-13,17,19H,1,4,6-7,9-11,14-15H2. The number of hydrogen-bond donors (Lipinski definition) is 0. The lowest BCUT2D eigenvalue weighted by Gasteiger charge is -2.26. The van der Waals surface area contributed by atoms with Gasteiger partial charge in [0.1, 0.15) is 19.0 Å². The van der Waals surface area contributed by atoms with E-state index in [2.05, 4.69) is 38.3 Å². The molecule has 0 N–H and O–H groups in total. The molecular formula is C24H26N4O3S2. The molecule has 1 atom stereocenters. The van der Waals surface area contributed by atoms with Gasteiger partial charge in [0.05, 0.1) is 11.8 Å². The van der Waals surface area contributed by atoms with E-state index in [4.69, 9.17) is 9.47 Å². The van der Waals surface area contributed by atoms with Crippen molar-refractivity contribution >= 4 is 29.0 Å². The van der Waals surface area contributed by atoms with Crippen LogP contribution in [0.25, 0.3) is 0 Å². The summed E-state index contributed by atoms with van der Waals surface area (Å²) < 4.78 is 13.7. The minimum absolute atomic E-state index is 0.0876. The van der Waals surface area contributed by atoms with Crippen molar-refractivity contribution in [3.8, 4) is 11.5 Å². The summed E-state index contributed by atoms with van der Waals surface area (Å²) >= 11 is 3.26. The molecule has 6 rings (SSSR count). The second-order valence-corrected chi connectivity index (χ2v) is 10.7. The first-order valence-corrected chi connectivity index (χ1v) is 13.4. The second kappa shape index (κ2) is 9.02. The average molecular weight is 483 g/mol. The van der Waals surface area contributed by atoms with Crippen LogP contribution >= 0.6 is 23.1 Å². The summed E-state index contributed by atoms with van der Waals surface area (Å²) in [5, 5.41) is 11.9. The lowest BCUT2D eigenvalue weighted by molar-refractivity contribution is -0.129. The van der Waals surface area contributed by atoms with Gasteiger partial charge in [-0.25, -0.2) is 0 Å². The molecule has 1 amide bonds. The molecule has 9 heteroatoms. The third kappa shape index (κ3) is 4.36. The molecule has 172 valence electrons. The second-order valence-electron chi connectivity index (χ2n) is 8.69. The maximum Gasteiger partial charge on any atom is 0.233 e. The Hall–Kier alpha value is -2.52. The van der Waals surface area contributed by atoms with E-state index in [-0.39, 0.29) is 11.9 Å². The Balaban J connectivity index is 1.15. The van der Waals surface area contributed by atoms with Crippen molar-refractivity contribution in [3.63, 3.8) is 0 Å².